The highest BCUT2D eigenvalue weighted by Gasteiger charge is 2.38. The lowest BCUT2D eigenvalue weighted by Crippen LogP contribution is -2.46. The van der Waals surface area contributed by atoms with Gasteiger partial charge in [-0.2, -0.15) is 0 Å². The van der Waals surface area contributed by atoms with Gasteiger partial charge in [0.1, 0.15) is 24.3 Å². The van der Waals surface area contributed by atoms with Crippen molar-refractivity contribution in [2.75, 3.05) is 44.8 Å². The van der Waals surface area contributed by atoms with E-state index in [-0.39, 0.29) is 19.1 Å². The standard InChI is InChI=1S/C18H22N4O5/c1-21(15(23)9-27-10-16(24)25)11-18(26)5-8-22(12-18)14-4-7-19-13-3-2-6-20-17(13)14/h2-4,6-7,26H,5,8-12H2,1H3,(H,24,25). The average Bonchev–Trinajstić information content (AvgIpc) is 3.02. The van der Waals surface area contributed by atoms with Gasteiger partial charge in [0.25, 0.3) is 0 Å². The number of rotatable bonds is 7. The molecule has 2 aromatic heterocycles. The normalized spacial score (nSPS) is 19.4. The molecular weight excluding hydrogens is 352 g/mol. The van der Waals surface area contributed by atoms with E-state index in [4.69, 9.17) is 9.84 Å². The molecule has 2 aromatic rings. The van der Waals surface area contributed by atoms with Crippen molar-refractivity contribution in [3.63, 3.8) is 0 Å². The van der Waals surface area contributed by atoms with E-state index in [1.54, 1.807) is 19.4 Å². The third-order valence-electron chi connectivity index (χ3n) is 4.56. The molecule has 2 N–H and O–H groups in total. The Hall–Kier alpha value is -2.78. The number of pyridine rings is 2. The molecule has 27 heavy (non-hydrogen) atoms. The summed E-state index contributed by atoms with van der Waals surface area (Å²) in [5.41, 5.74) is 1.39. The molecule has 3 heterocycles. The molecule has 0 aliphatic carbocycles. The number of carbonyl (C=O) groups excluding carboxylic acids is 1. The third-order valence-corrected chi connectivity index (χ3v) is 4.56. The Kier molecular flexibility index (Phi) is 5.52. The highest BCUT2D eigenvalue weighted by atomic mass is 16.5. The highest BCUT2D eigenvalue weighted by Crippen LogP contribution is 2.31. The van der Waals surface area contributed by atoms with Crippen LogP contribution in [0.3, 0.4) is 0 Å². The summed E-state index contributed by atoms with van der Waals surface area (Å²) in [6, 6.07) is 5.58. The minimum absolute atomic E-state index is 0.134. The summed E-state index contributed by atoms with van der Waals surface area (Å²) in [5, 5.41) is 19.5. The Morgan fingerprint density at radius 1 is 1.30 bits per heavy atom. The molecule has 144 valence electrons. The van der Waals surface area contributed by atoms with Crippen LogP contribution in [0.15, 0.2) is 30.6 Å². The number of aromatic nitrogens is 2. The van der Waals surface area contributed by atoms with Crippen LogP contribution in [0.1, 0.15) is 6.42 Å². The zero-order valence-corrected chi connectivity index (χ0v) is 15.0. The maximum Gasteiger partial charge on any atom is 0.329 e. The number of anilines is 1. The molecule has 1 aliphatic rings. The SMILES string of the molecule is CN(CC1(O)CCN(c2ccnc3cccnc23)C1)C(=O)COCC(=O)O. The molecule has 0 bridgehead atoms. The Morgan fingerprint density at radius 3 is 2.89 bits per heavy atom. The second-order valence-corrected chi connectivity index (χ2v) is 6.73. The largest absolute Gasteiger partial charge is 0.480 e. The number of aliphatic carboxylic acids is 1. The second kappa shape index (κ2) is 7.85. The van der Waals surface area contributed by atoms with Crippen molar-refractivity contribution in [3.05, 3.63) is 30.6 Å². The van der Waals surface area contributed by atoms with Gasteiger partial charge in [0.2, 0.25) is 5.91 Å². The van der Waals surface area contributed by atoms with Crippen LogP contribution in [-0.2, 0) is 14.3 Å². The van der Waals surface area contributed by atoms with E-state index in [0.717, 1.165) is 16.7 Å². The number of hydrogen-bond acceptors (Lipinski definition) is 7. The zero-order valence-electron chi connectivity index (χ0n) is 15.0. The third kappa shape index (κ3) is 4.50. The van der Waals surface area contributed by atoms with Crippen LogP contribution in [0.25, 0.3) is 11.0 Å². The van der Waals surface area contributed by atoms with Crippen molar-refractivity contribution in [3.8, 4) is 0 Å². The summed E-state index contributed by atoms with van der Waals surface area (Å²) >= 11 is 0. The predicted molar refractivity (Wildman–Crippen MR) is 97.4 cm³/mol. The van der Waals surface area contributed by atoms with Crippen molar-refractivity contribution in [1.29, 1.82) is 0 Å². The van der Waals surface area contributed by atoms with Crippen molar-refractivity contribution < 1.29 is 24.5 Å². The summed E-state index contributed by atoms with van der Waals surface area (Å²) in [7, 11) is 1.57. The number of hydrogen-bond donors (Lipinski definition) is 2. The van der Waals surface area contributed by atoms with Gasteiger partial charge in [-0.1, -0.05) is 0 Å². The lowest BCUT2D eigenvalue weighted by molar-refractivity contribution is -0.146. The first-order valence-electron chi connectivity index (χ1n) is 8.58. The highest BCUT2D eigenvalue weighted by molar-refractivity contribution is 5.87. The first-order valence-corrected chi connectivity index (χ1v) is 8.58. The Balaban J connectivity index is 1.63. The number of carboxylic acid groups (broad SMARTS) is 1. The summed E-state index contributed by atoms with van der Waals surface area (Å²) in [5.74, 6) is -1.51. The lowest BCUT2D eigenvalue weighted by Gasteiger charge is -2.29. The molecule has 0 radical (unpaired) electrons. The molecule has 1 saturated heterocycles. The van der Waals surface area contributed by atoms with Gasteiger partial charge in [-0.3, -0.25) is 14.8 Å². The Bertz CT molecular complexity index is 840. The van der Waals surface area contributed by atoms with Gasteiger partial charge in [-0.15, -0.1) is 0 Å². The Labute approximate surface area is 156 Å². The van der Waals surface area contributed by atoms with Crippen LogP contribution in [0.2, 0.25) is 0 Å². The van der Waals surface area contributed by atoms with E-state index < -0.39 is 18.2 Å². The monoisotopic (exact) mass is 374 g/mol. The molecule has 1 unspecified atom stereocenters. The van der Waals surface area contributed by atoms with E-state index in [2.05, 4.69) is 9.97 Å². The minimum Gasteiger partial charge on any atom is -0.480 e. The average molecular weight is 374 g/mol. The summed E-state index contributed by atoms with van der Waals surface area (Å²) in [4.78, 5) is 34.6. The van der Waals surface area contributed by atoms with Crippen LogP contribution in [0.5, 0.6) is 0 Å². The topological polar surface area (TPSA) is 116 Å². The minimum atomic E-state index is -1.13. The molecule has 9 nitrogen and oxygen atoms in total. The maximum atomic E-state index is 12.0. The Morgan fingerprint density at radius 2 is 2.11 bits per heavy atom. The van der Waals surface area contributed by atoms with Crippen LogP contribution >= 0.6 is 0 Å². The fourth-order valence-corrected chi connectivity index (χ4v) is 3.28. The first-order chi connectivity index (χ1) is 12.9. The molecule has 1 aliphatic heterocycles. The first kappa shape index (κ1) is 19.0. The van der Waals surface area contributed by atoms with Gasteiger partial charge in [0.05, 0.1) is 17.7 Å². The zero-order chi connectivity index (χ0) is 19.4. The van der Waals surface area contributed by atoms with Crippen LogP contribution < -0.4 is 4.90 Å². The van der Waals surface area contributed by atoms with Crippen LogP contribution in [0, 0.1) is 0 Å². The second-order valence-electron chi connectivity index (χ2n) is 6.73. The number of carbonyl (C=O) groups is 2. The number of nitrogens with zero attached hydrogens (tertiary/aromatic N) is 4. The number of amides is 1. The van der Waals surface area contributed by atoms with E-state index >= 15 is 0 Å². The van der Waals surface area contributed by atoms with E-state index in [0.29, 0.717) is 19.5 Å². The van der Waals surface area contributed by atoms with Crippen molar-refractivity contribution >= 4 is 28.6 Å². The van der Waals surface area contributed by atoms with Gasteiger partial charge >= 0.3 is 5.97 Å². The molecule has 1 amide bonds. The fraction of sp³-hybridized carbons (Fsp3) is 0.444. The summed E-state index contributed by atoms with van der Waals surface area (Å²) < 4.78 is 4.82. The quantitative estimate of drug-likeness (QED) is 0.703. The summed E-state index contributed by atoms with van der Waals surface area (Å²) in [6.45, 7) is 0.260. The van der Waals surface area contributed by atoms with Gasteiger partial charge < -0.3 is 24.7 Å². The van der Waals surface area contributed by atoms with E-state index in [9.17, 15) is 14.7 Å². The fourth-order valence-electron chi connectivity index (χ4n) is 3.28. The number of fused-ring (bicyclic) bond motifs is 1. The molecule has 0 saturated carbocycles. The number of ether oxygens (including phenoxy) is 1. The molecular formula is C18H22N4O5. The number of carboxylic acids is 1. The van der Waals surface area contributed by atoms with Gasteiger partial charge in [0, 0.05) is 32.5 Å². The molecule has 0 aromatic carbocycles. The number of aliphatic hydroxyl groups is 1. The molecule has 0 spiro atoms. The molecule has 1 atom stereocenters. The van der Waals surface area contributed by atoms with E-state index in [1.807, 2.05) is 23.1 Å². The molecule has 9 heteroatoms. The maximum absolute atomic E-state index is 12.0. The van der Waals surface area contributed by atoms with Gasteiger partial charge in [-0.25, -0.2) is 4.79 Å². The smallest absolute Gasteiger partial charge is 0.329 e. The number of β-amino-alcohol motifs (C(OH)–C–C–N with tert-alkyl or cyclic N) is 1. The molecule has 3 rings (SSSR count). The van der Waals surface area contributed by atoms with Crippen LogP contribution in [-0.4, -0.2) is 82.5 Å². The van der Waals surface area contributed by atoms with Crippen LogP contribution in [0.4, 0.5) is 5.69 Å². The van der Waals surface area contributed by atoms with Gasteiger partial charge in [-0.05, 0) is 24.6 Å². The van der Waals surface area contributed by atoms with Gasteiger partial charge in [0.15, 0.2) is 0 Å². The lowest BCUT2D eigenvalue weighted by atomic mass is 10.0. The predicted octanol–water partition coefficient (Wildman–Crippen LogP) is 0.131. The van der Waals surface area contributed by atoms with Crippen molar-refractivity contribution in [2.24, 2.45) is 0 Å². The summed E-state index contributed by atoms with van der Waals surface area (Å²) in [6.07, 6.45) is 3.92. The van der Waals surface area contributed by atoms with E-state index in [1.165, 1.54) is 4.90 Å². The number of likely N-dealkylation sites (N-methyl/N-ethyl adjacent to an activating group) is 1. The van der Waals surface area contributed by atoms with Crippen molar-refractivity contribution in [2.45, 2.75) is 12.0 Å². The van der Waals surface area contributed by atoms with Crippen molar-refractivity contribution in [1.82, 2.24) is 14.9 Å². The molecule has 1 fully saturated rings.